The summed E-state index contributed by atoms with van der Waals surface area (Å²) >= 11 is 1.66. The van der Waals surface area contributed by atoms with Gasteiger partial charge in [-0.15, -0.1) is 10.2 Å². The molecular formula is C22H26N6O3S. The molecule has 3 aliphatic heterocycles. The van der Waals surface area contributed by atoms with Crippen LogP contribution in [0.3, 0.4) is 0 Å². The Morgan fingerprint density at radius 2 is 1.94 bits per heavy atom. The predicted octanol–water partition coefficient (Wildman–Crippen LogP) is 1.06. The molecule has 0 aliphatic carbocycles. The number of fused-ring (bicyclic) bond motifs is 1. The van der Waals surface area contributed by atoms with Crippen LogP contribution in [0.1, 0.15) is 63.1 Å². The normalized spacial score (nSPS) is 21.7. The van der Waals surface area contributed by atoms with Crippen molar-refractivity contribution in [3.8, 4) is 0 Å². The number of amides is 3. The largest absolute Gasteiger partial charge is 0.322 e. The second-order valence-corrected chi connectivity index (χ2v) is 9.61. The predicted molar refractivity (Wildman–Crippen MR) is 118 cm³/mol. The van der Waals surface area contributed by atoms with Crippen LogP contribution in [0.15, 0.2) is 18.2 Å². The van der Waals surface area contributed by atoms with Gasteiger partial charge in [-0.25, -0.2) is 0 Å². The first-order valence-electron chi connectivity index (χ1n) is 11.1. The van der Waals surface area contributed by atoms with E-state index < -0.39 is 6.04 Å². The van der Waals surface area contributed by atoms with Crippen molar-refractivity contribution in [3.63, 3.8) is 0 Å². The Hall–Kier alpha value is -2.69. The van der Waals surface area contributed by atoms with Gasteiger partial charge in [0, 0.05) is 37.5 Å². The van der Waals surface area contributed by atoms with E-state index in [-0.39, 0.29) is 24.1 Å². The Balaban J connectivity index is 1.22. The van der Waals surface area contributed by atoms with E-state index in [4.69, 9.17) is 0 Å². The van der Waals surface area contributed by atoms with Crippen LogP contribution in [0, 0.1) is 0 Å². The summed E-state index contributed by atoms with van der Waals surface area (Å²) in [5, 5.41) is 19.9. The highest BCUT2D eigenvalue weighted by Crippen LogP contribution is 2.30. The molecule has 4 heterocycles. The van der Waals surface area contributed by atoms with Crippen molar-refractivity contribution in [2.45, 2.75) is 57.3 Å². The van der Waals surface area contributed by atoms with E-state index in [1.54, 1.807) is 16.2 Å². The summed E-state index contributed by atoms with van der Waals surface area (Å²) in [5.74, 6) is -0.310. The van der Waals surface area contributed by atoms with Crippen LogP contribution >= 0.6 is 11.3 Å². The Morgan fingerprint density at radius 3 is 2.75 bits per heavy atom. The average Bonchev–Trinajstić information content (AvgIpc) is 3.40. The molecule has 1 unspecified atom stereocenters. The van der Waals surface area contributed by atoms with Gasteiger partial charge < -0.3 is 15.5 Å². The Labute approximate surface area is 190 Å². The van der Waals surface area contributed by atoms with Gasteiger partial charge in [0.25, 0.3) is 5.91 Å². The number of hydrogen-bond donors (Lipinski definition) is 3. The number of carbonyl (C=O) groups excluding carboxylic acids is 3. The van der Waals surface area contributed by atoms with Gasteiger partial charge >= 0.3 is 0 Å². The molecule has 1 aromatic heterocycles. The first-order chi connectivity index (χ1) is 15.6. The highest BCUT2D eigenvalue weighted by atomic mass is 32.1. The number of benzene rings is 1. The zero-order chi connectivity index (χ0) is 22.1. The van der Waals surface area contributed by atoms with Crippen LogP contribution in [-0.4, -0.2) is 52.0 Å². The average molecular weight is 455 g/mol. The summed E-state index contributed by atoms with van der Waals surface area (Å²) < 4.78 is 0. The van der Waals surface area contributed by atoms with Gasteiger partial charge in [0.2, 0.25) is 11.8 Å². The van der Waals surface area contributed by atoms with Gasteiger partial charge in [-0.1, -0.05) is 29.5 Å². The lowest BCUT2D eigenvalue weighted by molar-refractivity contribution is -0.136. The SMILES string of the molecule is O=C1CCC(N2Cc3cccc(CNCc4nnc(C5CCNCC5)s4)c3C2=O)C(=O)N1. The molecule has 32 heavy (non-hydrogen) atoms. The van der Waals surface area contributed by atoms with Crippen LogP contribution in [0.25, 0.3) is 0 Å². The first kappa shape index (κ1) is 21.2. The summed E-state index contributed by atoms with van der Waals surface area (Å²) in [4.78, 5) is 38.5. The van der Waals surface area contributed by atoms with E-state index in [2.05, 4.69) is 26.1 Å². The van der Waals surface area contributed by atoms with Crippen molar-refractivity contribution in [2.75, 3.05) is 13.1 Å². The number of nitrogens with one attached hydrogen (secondary N) is 3. The molecule has 10 heteroatoms. The Morgan fingerprint density at radius 1 is 1.09 bits per heavy atom. The Kier molecular flexibility index (Phi) is 5.99. The molecule has 2 fully saturated rings. The van der Waals surface area contributed by atoms with Gasteiger partial charge in [0.1, 0.15) is 16.1 Å². The first-order valence-corrected chi connectivity index (χ1v) is 11.9. The minimum Gasteiger partial charge on any atom is -0.322 e. The number of rotatable bonds is 6. The summed E-state index contributed by atoms with van der Waals surface area (Å²) in [5.41, 5.74) is 2.49. The molecule has 2 aromatic rings. The summed E-state index contributed by atoms with van der Waals surface area (Å²) in [6, 6.07) is 5.22. The maximum Gasteiger partial charge on any atom is 0.255 e. The monoisotopic (exact) mass is 454 g/mol. The van der Waals surface area contributed by atoms with Gasteiger partial charge in [0.15, 0.2) is 0 Å². The van der Waals surface area contributed by atoms with E-state index in [0.29, 0.717) is 37.5 Å². The molecule has 0 spiro atoms. The lowest BCUT2D eigenvalue weighted by Gasteiger charge is -2.29. The van der Waals surface area contributed by atoms with Crippen LogP contribution in [0.4, 0.5) is 0 Å². The van der Waals surface area contributed by atoms with Crippen molar-refractivity contribution in [2.24, 2.45) is 0 Å². The molecule has 3 N–H and O–H groups in total. The second-order valence-electron chi connectivity index (χ2n) is 8.51. The highest BCUT2D eigenvalue weighted by Gasteiger charge is 2.39. The van der Waals surface area contributed by atoms with Gasteiger partial charge in [-0.2, -0.15) is 0 Å². The smallest absolute Gasteiger partial charge is 0.255 e. The minimum atomic E-state index is -0.594. The molecule has 3 amide bonds. The van der Waals surface area contributed by atoms with Crippen LogP contribution in [-0.2, 0) is 29.2 Å². The molecule has 168 valence electrons. The van der Waals surface area contributed by atoms with Crippen molar-refractivity contribution in [1.82, 2.24) is 31.0 Å². The zero-order valence-electron chi connectivity index (χ0n) is 17.7. The fraction of sp³-hybridized carbons (Fsp3) is 0.500. The molecule has 0 bridgehead atoms. The maximum atomic E-state index is 13.2. The van der Waals surface area contributed by atoms with Crippen LogP contribution in [0.5, 0.6) is 0 Å². The van der Waals surface area contributed by atoms with Crippen molar-refractivity contribution in [1.29, 1.82) is 0 Å². The number of imide groups is 1. The fourth-order valence-corrected chi connectivity index (χ4v) is 5.69. The number of hydrogen-bond acceptors (Lipinski definition) is 8. The number of nitrogens with zero attached hydrogens (tertiary/aromatic N) is 3. The molecular weight excluding hydrogens is 428 g/mol. The van der Waals surface area contributed by atoms with E-state index >= 15 is 0 Å². The molecule has 0 saturated carbocycles. The third kappa shape index (κ3) is 4.17. The summed E-state index contributed by atoms with van der Waals surface area (Å²) in [6.45, 7) is 3.57. The lowest BCUT2D eigenvalue weighted by atomic mass is 9.99. The second kappa shape index (κ2) is 9.05. The molecule has 5 rings (SSSR count). The third-order valence-electron chi connectivity index (χ3n) is 6.40. The molecule has 2 saturated heterocycles. The van der Waals surface area contributed by atoms with E-state index in [1.165, 1.54) is 0 Å². The van der Waals surface area contributed by atoms with Crippen LogP contribution < -0.4 is 16.0 Å². The van der Waals surface area contributed by atoms with Gasteiger partial charge in [0.05, 0.1) is 0 Å². The number of aromatic nitrogens is 2. The highest BCUT2D eigenvalue weighted by molar-refractivity contribution is 7.11. The molecule has 3 aliphatic rings. The standard InChI is InChI=1S/C22H26N6O3S/c29-17-5-4-16(20(30)25-17)28-12-15-3-1-2-14(19(15)22(28)31)10-24-11-18-26-27-21(32-18)13-6-8-23-9-7-13/h1-3,13,16,23-24H,4-12H2,(H,25,29,30). The summed E-state index contributed by atoms with van der Waals surface area (Å²) in [7, 11) is 0. The molecule has 9 nitrogen and oxygen atoms in total. The number of piperidine rings is 2. The lowest BCUT2D eigenvalue weighted by Crippen LogP contribution is -2.52. The van der Waals surface area contributed by atoms with E-state index in [0.717, 1.165) is 47.1 Å². The van der Waals surface area contributed by atoms with Crippen molar-refractivity contribution in [3.05, 3.63) is 44.9 Å². The fourth-order valence-electron chi connectivity index (χ4n) is 4.71. The minimum absolute atomic E-state index is 0.143. The third-order valence-corrected chi connectivity index (χ3v) is 7.49. The molecule has 1 aromatic carbocycles. The topological polar surface area (TPSA) is 116 Å². The zero-order valence-corrected chi connectivity index (χ0v) is 18.5. The molecule has 0 radical (unpaired) electrons. The Bertz CT molecular complexity index is 1050. The maximum absolute atomic E-state index is 13.2. The van der Waals surface area contributed by atoms with Gasteiger partial charge in [-0.05, 0) is 43.5 Å². The summed E-state index contributed by atoms with van der Waals surface area (Å²) in [6.07, 6.45) is 2.83. The molecule has 1 atom stereocenters. The van der Waals surface area contributed by atoms with Gasteiger partial charge in [-0.3, -0.25) is 19.7 Å². The van der Waals surface area contributed by atoms with E-state index in [1.807, 2.05) is 18.2 Å². The van der Waals surface area contributed by atoms with Crippen molar-refractivity contribution < 1.29 is 14.4 Å². The van der Waals surface area contributed by atoms with E-state index in [9.17, 15) is 14.4 Å². The number of carbonyl (C=O) groups is 3. The van der Waals surface area contributed by atoms with Crippen LogP contribution in [0.2, 0.25) is 0 Å². The quantitative estimate of drug-likeness (QED) is 0.559. The van der Waals surface area contributed by atoms with Crippen molar-refractivity contribution >= 4 is 29.1 Å².